The molecule has 1 heterocycles. The smallest absolute Gasteiger partial charge is 0.123 e. The van der Waals surface area contributed by atoms with Crippen molar-refractivity contribution in [3.63, 3.8) is 0 Å². The monoisotopic (exact) mass is 259 g/mol. The molecule has 0 saturated carbocycles. The lowest BCUT2D eigenvalue weighted by molar-refractivity contribution is 0.315. The van der Waals surface area contributed by atoms with Gasteiger partial charge in [-0.2, -0.15) is 0 Å². The molecule has 0 radical (unpaired) electrons. The fourth-order valence-electron chi connectivity index (χ4n) is 1.95. The zero-order valence-corrected chi connectivity index (χ0v) is 11.2. The Morgan fingerprint density at radius 2 is 1.89 bits per heavy atom. The Kier molecular flexibility index (Phi) is 4.47. The van der Waals surface area contributed by atoms with Gasteiger partial charge in [-0.15, -0.1) is 0 Å². The molecule has 0 aliphatic rings. The SMILES string of the molecule is CNc1ccnc(CN(C)Cc2ccc(F)cc2)c1. The van der Waals surface area contributed by atoms with Crippen molar-refractivity contribution in [2.45, 2.75) is 13.1 Å². The van der Waals surface area contributed by atoms with Crippen LogP contribution in [0.15, 0.2) is 42.6 Å². The maximum atomic E-state index is 12.8. The van der Waals surface area contributed by atoms with Gasteiger partial charge in [-0.3, -0.25) is 9.88 Å². The minimum atomic E-state index is -0.199. The van der Waals surface area contributed by atoms with Crippen molar-refractivity contribution in [1.82, 2.24) is 9.88 Å². The highest BCUT2D eigenvalue weighted by atomic mass is 19.1. The van der Waals surface area contributed by atoms with E-state index in [1.165, 1.54) is 12.1 Å². The first kappa shape index (κ1) is 13.5. The number of hydrogen-bond acceptors (Lipinski definition) is 3. The van der Waals surface area contributed by atoms with Crippen LogP contribution in [0.25, 0.3) is 0 Å². The summed E-state index contributed by atoms with van der Waals surface area (Å²) in [5.41, 5.74) is 3.16. The summed E-state index contributed by atoms with van der Waals surface area (Å²) >= 11 is 0. The number of rotatable bonds is 5. The van der Waals surface area contributed by atoms with Crippen LogP contribution in [0.3, 0.4) is 0 Å². The number of aromatic nitrogens is 1. The van der Waals surface area contributed by atoms with Gasteiger partial charge >= 0.3 is 0 Å². The van der Waals surface area contributed by atoms with Gasteiger partial charge in [0.2, 0.25) is 0 Å². The molecule has 0 amide bonds. The van der Waals surface area contributed by atoms with Crippen LogP contribution in [0.1, 0.15) is 11.3 Å². The largest absolute Gasteiger partial charge is 0.388 e. The van der Waals surface area contributed by atoms with Crippen LogP contribution in [0, 0.1) is 5.82 Å². The second-order valence-electron chi connectivity index (χ2n) is 4.58. The van der Waals surface area contributed by atoms with Crippen LogP contribution in [0.2, 0.25) is 0 Å². The lowest BCUT2D eigenvalue weighted by atomic mass is 10.2. The summed E-state index contributed by atoms with van der Waals surface area (Å²) in [6.07, 6.45) is 1.80. The van der Waals surface area contributed by atoms with E-state index < -0.39 is 0 Å². The second kappa shape index (κ2) is 6.29. The molecule has 0 saturated heterocycles. The molecular formula is C15H18FN3. The first-order valence-corrected chi connectivity index (χ1v) is 6.23. The van der Waals surface area contributed by atoms with Gasteiger partial charge in [0.25, 0.3) is 0 Å². The van der Waals surface area contributed by atoms with Crippen LogP contribution >= 0.6 is 0 Å². The van der Waals surface area contributed by atoms with Crippen molar-refractivity contribution in [3.8, 4) is 0 Å². The molecule has 19 heavy (non-hydrogen) atoms. The van der Waals surface area contributed by atoms with E-state index in [9.17, 15) is 4.39 Å². The third kappa shape index (κ3) is 4.03. The summed E-state index contributed by atoms with van der Waals surface area (Å²) in [5, 5.41) is 3.10. The quantitative estimate of drug-likeness (QED) is 0.895. The first-order chi connectivity index (χ1) is 9.17. The van der Waals surface area contributed by atoms with E-state index >= 15 is 0 Å². The minimum Gasteiger partial charge on any atom is -0.388 e. The molecule has 0 unspecified atom stereocenters. The number of halogens is 1. The molecule has 2 rings (SSSR count). The minimum absolute atomic E-state index is 0.199. The predicted molar refractivity (Wildman–Crippen MR) is 75.4 cm³/mol. The fourth-order valence-corrected chi connectivity index (χ4v) is 1.95. The Balaban J connectivity index is 1.96. The Hall–Kier alpha value is -1.94. The fraction of sp³-hybridized carbons (Fsp3) is 0.267. The molecule has 0 bridgehead atoms. The molecule has 0 aliphatic heterocycles. The van der Waals surface area contributed by atoms with Crippen LogP contribution in [0.5, 0.6) is 0 Å². The summed E-state index contributed by atoms with van der Waals surface area (Å²) in [6.45, 7) is 1.53. The topological polar surface area (TPSA) is 28.2 Å². The first-order valence-electron chi connectivity index (χ1n) is 6.23. The average molecular weight is 259 g/mol. The van der Waals surface area contributed by atoms with E-state index in [2.05, 4.69) is 15.2 Å². The van der Waals surface area contributed by atoms with Crippen LogP contribution in [-0.2, 0) is 13.1 Å². The summed E-state index contributed by atoms with van der Waals surface area (Å²) in [6, 6.07) is 10.6. The average Bonchev–Trinajstić information content (AvgIpc) is 2.41. The summed E-state index contributed by atoms with van der Waals surface area (Å²) in [4.78, 5) is 6.49. The highest BCUT2D eigenvalue weighted by Crippen LogP contribution is 2.11. The van der Waals surface area contributed by atoms with E-state index in [1.54, 1.807) is 6.20 Å². The van der Waals surface area contributed by atoms with E-state index in [4.69, 9.17) is 0 Å². The standard InChI is InChI=1S/C15H18FN3/c1-17-14-7-8-18-15(9-14)11-19(2)10-12-3-5-13(16)6-4-12/h3-9H,10-11H2,1-2H3,(H,17,18). The van der Waals surface area contributed by atoms with Crippen molar-refractivity contribution < 1.29 is 4.39 Å². The Morgan fingerprint density at radius 3 is 2.58 bits per heavy atom. The zero-order valence-electron chi connectivity index (χ0n) is 11.2. The third-order valence-electron chi connectivity index (χ3n) is 2.90. The third-order valence-corrected chi connectivity index (χ3v) is 2.90. The molecule has 1 aromatic carbocycles. The summed E-state index contributed by atoms with van der Waals surface area (Å²) in [5.74, 6) is -0.199. The number of anilines is 1. The normalized spacial score (nSPS) is 10.7. The zero-order chi connectivity index (χ0) is 13.7. The van der Waals surface area contributed by atoms with Gasteiger partial charge in [0.1, 0.15) is 5.82 Å². The van der Waals surface area contributed by atoms with Gasteiger partial charge in [-0.1, -0.05) is 12.1 Å². The summed E-state index contributed by atoms with van der Waals surface area (Å²) in [7, 11) is 3.92. The van der Waals surface area contributed by atoms with E-state index in [-0.39, 0.29) is 5.82 Å². The molecule has 1 aromatic heterocycles. The summed E-state index contributed by atoms with van der Waals surface area (Å²) < 4.78 is 12.8. The van der Waals surface area contributed by atoms with Gasteiger partial charge in [0.05, 0.1) is 5.69 Å². The van der Waals surface area contributed by atoms with Gasteiger partial charge in [-0.25, -0.2) is 4.39 Å². The molecule has 1 N–H and O–H groups in total. The van der Waals surface area contributed by atoms with E-state index in [0.29, 0.717) is 0 Å². The molecule has 100 valence electrons. The van der Waals surface area contributed by atoms with Crippen LogP contribution < -0.4 is 5.32 Å². The predicted octanol–water partition coefficient (Wildman–Crippen LogP) is 2.89. The van der Waals surface area contributed by atoms with E-state index in [0.717, 1.165) is 30.0 Å². The number of hydrogen-bond donors (Lipinski definition) is 1. The van der Waals surface area contributed by atoms with Crippen molar-refractivity contribution in [3.05, 3.63) is 59.7 Å². The highest BCUT2D eigenvalue weighted by Gasteiger charge is 2.04. The molecule has 2 aromatic rings. The van der Waals surface area contributed by atoms with Gasteiger partial charge in [0.15, 0.2) is 0 Å². The van der Waals surface area contributed by atoms with E-state index in [1.807, 2.05) is 38.4 Å². The molecule has 0 atom stereocenters. The molecular weight excluding hydrogens is 241 g/mol. The Labute approximate surface area is 113 Å². The number of benzene rings is 1. The lowest BCUT2D eigenvalue weighted by Gasteiger charge is -2.16. The van der Waals surface area contributed by atoms with Gasteiger partial charge in [0, 0.05) is 32.0 Å². The van der Waals surface area contributed by atoms with Gasteiger partial charge < -0.3 is 5.32 Å². The number of nitrogens with one attached hydrogen (secondary N) is 1. The van der Waals surface area contributed by atoms with Crippen molar-refractivity contribution >= 4 is 5.69 Å². The molecule has 0 aliphatic carbocycles. The Morgan fingerprint density at radius 1 is 1.16 bits per heavy atom. The maximum Gasteiger partial charge on any atom is 0.123 e. The van der Waals surface area contributed by atoms with Crippen molar-refractivity contribution in [2.75, 3.05) is 19.4 Å². The molecule has 4 heteroatoms. The molecule has 0 spiro atoms. The Bertz CT molecular complexity index is 525. The van der Waals surface area contributed by atoms with Gasteiger partial charge in [-0.05, 0) is 36.9 Å². The lowest BCUT2D eigenvalue weighted by Crippen LogP contribution is -2.18. The number of pyridine rings is 1. The van der Waals surface area contributed by atoms with Crippen molar-refractivity contribution in [1.29, 1.82) is 0 Å². The van der Waals surface area contributed by atoms with Crippen LogP contribution in [0.4, 0.5) is 10.1 Å². The maximum absolute atomic E-state index is 12.8. The molecule has 3 nitrogen and oxygen atoms in total. The second-order valence-corrected chi connectivity index (χ2v) is 4.58. The molecule has 0 fully saturated rings. The number of nitrogens with zero attached hydrogens (tertiary/aromatic N) is 2. The van der Waals surface area contributed by atoms with Crippen molar-refractivity contribution in [2.24, 2.45) is 0 Å². The highest BCUT2D eigenvalue weighted by molar-refractivity contribution is 5.42. The van der Waals surface area contributed by atoms with Crippen LogP contribution in [-0.4, -0.2) is 24.0 Å².